The molecule has 1 aromatic carbocycles. The number of carbonyl (C=O) groups excluding carboxylic acids is 3. The van der Waals surface area contributed by atoms with Gasteiger partial charge in [-0.05, 0) is 37.7 Å². The van der Waals surface area contributed by atoms with Gasteiger partial charge in [0.2, 0.25) is 0 Å². The third kappa shape index (κ3) is 8.64. The molecule has 0 radical (unpaired) electrons. The normalized spacial score (nSPS) is 26.7. The molecule has 0 bridgehead atoms. The predicted molar refractivity (Wildman–Crippen MR) is 134 cm³/mol. The molecule has 7 heteroatoms. The quantitative estimate of drug-likeness (QED) is 0.411. The molecule has 2 rings (SSSR count). The van der Waals surface area contributed by atoms with Crippen molar-refractivity contribution in [3.05, 3.63) is 35.9 Å². The average molecular weight is 490 g/mol. The SMILES string of the molecule is CCCCCCCC1OC(=O)C[C@H](O)[C@H](Cc2ccccc2)N(C)C(=O)C(C(C)C)OC(=O)[C@H]1C. The summed E-state index contributed by atoms with van der Waals surface area (Å²) < 4.78 is 11.5. The summed E-state index contributed by atoms with van der Waals surface area (Å²) >= 11 is 0. The van der Waals surface area contributed by atoms with Gasteiger partial charge in [0.15, 0.2) is 6.10 Å². The Morgan fingerprint density at radius 2 is 1.69 bits per heavy atom. The molecule has 0 aromatic heterocycles. The summed E-state index contributed by atoms with van der Waals surface area (Å²) in [5, 5.41) is 11.1. The summed E-state index contributed by atoms with van der Waals surface area (Å²) in [5.74, 6) is -2.46. The van der Waals surface area contributed by atoms with Gasteiger partial charge in [0.1, 0.15) is 6.10 Å². The summed E-state index contributed by atoms with van der Waals surface area (Å²) in [6.07, 6.45) is 3.04. The minimum atomic E-state index is -1.12. The molecule has 0 saturated carbocycles. The van der Waals surface area contributed by atoms with E-state index in [1.54, 1.807) is 14.0 Å². The average Bonchev–Trinajstić information content (AvgIpc) is 2.83. The standard InChI is InChI=1S/C28H43NO6/c1-6-7-8-9-13-16-24-20(4)28(33)35-26(19(2)3)27(32)29(5)22(23(30)18-25(31)34-24)17-21-14-11-10-12-15-21/h10-12,14-15,19-20,22-24,26,30H,6-9,13,16-18H2,1-5H3/t20-,22-,23-,24?,26?/m0/s1. The fourth-order valence-electron chi connectivity index (χ4n) is 4.49. The van der Waals surface area contributed by atoms with Crippen LogP contribution in [0, 0.1) is 11.8 Å². The van der Waals surface area contributed by atoms with Gasteiger partial charge in [0, 0.05) is 7.05 Å². The van der Waals surface area contributed by atoms with E-state index in [0.717, 1.165) is 37.7 Å². The Hall–Kier alpha value is -2.41. The molecule has 1 aliphatic heterocycles. The Morgan fingerprint density at radius 1 is 1.03 bits per heavy atom. The van der Waals surface area contributed by atoms with Crippen LogP contribution in [0.4, 0.5) is 0 Å². The maximum Gasteiger partial charge on any atom is 0.313 e. The number of hydrogen-bond acceptors (Lipinski definition) is 6. The highest BCUT2D eigenvalue weighted by molar-refractivity contribution is 5.85. The number of cyclic esters (lactones) is 2. The molecule has 1 aromatic rings. The Balaban J connectivity index is 2.31. The van der Waals surface area contributed by atoms with E-state index in [9.17, 15) is 19.5 Å². The second-order valence-corrected chi connectivity index (χ2v) is 10.1. The molecule has 1 saturated heterocycles. The van der Waals surface area contributed by atoms with E-state index in [0.29, 0.717) is 12.8 Å². The molecule has 5 atom stereocenters. The van der Waals surface area contributed by atoms with Crippen molar-refractivity contribution in [1.29, 1.82) is 0 Å². The number of esters is 2. The Morgan fingerprint density at radius 3 is 2.31 bits per heavy atom. The number of likely N-dealkylation sites (N-methyl/N-ethyl adjacent to an activating group) is 1. The fraction of sp³-hybridized carbons (Fsp3) is 0.679. The van der Waals surface area contributed by atoms with E-state index in [1.807, 2.05) is 44.2 Å². The zero-order valence-corrected chi connectivity index (χ0v) is 21.9. The van der Waals surface area contributed by atoms with Crippen LogP contribution in [-0.4, -0.2) is 59.3 Å². The molecule has 35 heavy (non-hydrogen) atoms. The van der Waals surface area contributed by atoms with E-state index < -0.39 is 42.2 Å². The van der Waals surface area contributed by atoms with Crippen LogP contribution in [0.1, 0.15) is 78.2 Å². The lowest BCUT2D eigenvalue weighted by atomic mass is 9.95. The van der Waals surface area contributed by atoms with Gasteiger partial charge >= 0.3 is 11.9 Å². The summed E-state index contributed by atoms with van der Waals surface area (Å²) in [5.41, 5.74) is 0.924. The number of amides is 1. The molecule has 1 fully saturated rings. The number of nitrogens with zero attached hydrogens (tertiary/aromatic N) is 1. The minimum Gasteiger partial charge on any atom is -0.461 e. The molecule has 2 unspecified atom stereocenters. The Kier molecular flexibility index (Phi) is 11.7. The van der Waals surface area contributed by atoms with Gasteiger partial charge in [-0.2, -0.15) is 0 Å². The number of aliphatic hydroxyl groups is 1. The monoisotopic (exact) mass is 489 g/mol. The highest BCUT2D eigenvalue weighted by Gasteiger charge is 2.39. The smallest absolute Gasteiger partial charge is 0.313 e. The van der Waals surface area contributed by atoms with Crippen LogP contribution >= 0.6 is 0 Å². The van der Waals surface area contributed by atoms with Crippen molar-refractivity contribution in [2.45, 2.75) is 103 Å². The Bertz CT molecular complexity index is 811. The van der Waals surface area contributed by atoms with Gasteiger partial charge in [-0.15, -0.1) is 0 Å². The topological polar surface area (TPSA) is 93.1 Å². The summed E-state index contributed by atoms with van der Waals surface area (Å²) in [6.45, 7) is 7.48. The van der Waals surface area contributed by atoms with E-state index in [-0.39, 0.29) is 18.2 Å². The number of unbranched alkanes of at least 4 members (excludes halogenated alkanes) is 4. The zero-order valence-electron chi connectivity index (χ0n) is 21.9. The molecular weight excluding hydrogens is 446 g/mol. The van der Waals surface area contributed by atoms with Crippen LogP contribution in [0.5, 0.6) is 0 Å². The summed E-state index contributed by atoms with van der Waals surface area (Å²) in [7, 11) is 1.59. The third-order valence-electron chi connectivity index (χ3n) is 6.85. The van der Waals surface area contributed by atoms with Crippen molar-refractivity contribution >= 4 is 17.8 Å². The zero-order chi connectivity index (χ0) is 26.0. The lowest BCUT2D eigenvalue weighted by Gasteiger charge is -2.36. The molecule has 1 heterocycles. The molecule has 0 aliphatic carbocycles. The van der Waals surface area contributed by atoms with Crippen LogP contribution < -0.4 is 0 Å². The number of rotatable bonds is 9. The fourth-order valence-corrected chi connectivity index (χ4v) is 4.49. The van der Waals surface area contributed by atoms with Crippen LogP contribution in [0.15, 0.2) is 30.3 Å². The lowest BCUT2D eigenvalue weighted by Crippen LogP contribution is -2.53. The van der Waals surface area contributed by atoms with E-state index in [1.165, 1.54) is 4.90 Å². The maximum atomic E-state index is 13.5. The van der Waals surface area contributed by atoms with Crippen LogP contribution in [0.25, 0.3) is 0 Å². The number of benzene rings is 1. The molecule has 196 valence electrons. The van der Waals surface area contributed by atoms with Crippen molar-refractivity contribution in [3.8, 4) is 0 Å². The van der Waals surface area contributed by atoms with Crippen molar-refractivity contribution in [2.24, 2.45) is 11.8 Å². The second-order valence-electron chi connectivity index (χ2n) is 10.1. The van der Waals surface area contributed by atoms with E-state index in [2.05, 4.69) is 6.92 Å². The first kappa shape index (κ1) is 28.8. The Labute approximate surface area is 210 Å². The molecule has 7 nitrogen and oxygen atoms in total. The largest absolute Gasteiger partial charge is 0.461 e. The van der Waals surface area contributed by atoms with Gasteiger partial charge in [0.05, 0.1) is 24.5 Å². The van der Waals surface area contributed by atoms with Crippen LogP contribution in [0.2, 0.25) is 0 Å². The van der Waals surface area contributed by atoms with Gasteiger partial charge in [-0.3, -0.25) is 14.4 Å². The number of ether oxygens (including phenoxy) is 2. The van der Waals surface area contributed by atoms with Gasteiger partial charge in [-0.1, -0.05) is 76.8 Å². The van der Waals surface area contributed by atoms with Crippen molar-refractivity contribution in [2.75, 3.05) is 7.05 Å². The maximum absolute atomic E-state index is 13.5. The molecule has 1 N–H and O–H groups in total. The summed E-state index contributed by atoms with van der Waals surface area (Å²) in [4.78, 5) is 40.8. The summed E-state index contributed by atoms with van der Waals surface area (Å²) in [6, 6.07) is 8.81. The van der Waals surface area contributed by atoms with Gasteiger partial charge in [0.25, 0.3) is 5.91 Å². The van der Waals surface area contributed by atoms with Crippen molar-refractivity contribution in [3.63, 3.8) is 0 Å². The highest BCUT2D eigenvalue weighted by Crippen LogP contribution is 2.24. The minimum absolute atomic E-state index is 0.254. The van der Waals surface area contributed by atoms with E-state index in [4.69, 9.17) is 9.47 Å². The first-order chi connectivity index (χ1) is 16.6. The molecule has 1 aliphatic rings. The molecule has 0 spiro atoms. The lowest BCUT2D eigenvalue weighted by molar-refractivity contribution is -0.176. The first-order valence-corrected chi connectivity index (χ1v) is 13.0. The number of carbonyl (C=O) groups is 3. The number of hydrogen-bond donors (Lipinski definition) is 1. The van der Waals surface area contributed by atoms with Crippen LogP contribution in [-0.2, 0) is 30.3 Å². The van der Waals surface area contributed by atoms with E-state index >= 15 is 0 Å². The third-order valence-corrected chi connectivity index (χ3v) is 6.85. The predicted octanol–water partition coefficient (Wildman–Crippen LogP) is 4.30. The number of aliphatic hydroxyl groups excluding tert-OH is 1. The van der Waals surface area contributed by atoms with Crippen molar-refractivity contribution in [1.82, 2.24) is 4.90 Å². The van der Waals surface area contributed by atoms with Gasteiger partial charge < -0.3 is 19.5 Å². The highest BCUT2D eigenvalue weighted by atomic mass is 16.6. The molecular formula is C28H43NO6. The van der Waals surface area contributed by atoms with Crippen LogP contribution in [0.3, 0.4) is 0 Å². The first-order valence-electron chi connectivity index (χ1n) is 13.0. The van der Waals surface area contributed by atoms with Gasteiger partial charge in [-0.25, -0.2) is 0 Å². The second kappa shape index (κ2) is 14.2. The van der Waals surface area contributed by atoms with Crippen molar-refractivity contribution < 1.29 is 29.0 Å². The molecule has 1 amide bonds.